The fourth-order valence-electron chi connectivity index (χ4n) is 1.67. The number of ether oxygens (including phenoxy) is 1. The second-order valence-electron chi connectivity index (χ2n) is 5.22. The van der Waals surface area contributed by atoms with Crippen LogP contribution in [0.1, 0.15) is 34.1 Å². The summed E-state index contributed by atoms with van der Waals surface area (Å²) in [5, 5.41) is 9.41. The third-order valence-corrected chi connectivity index (χ3v) is 2.56. The van der Waals surface area contributed by atoms with Crippen molar-refractivity contribution < 1.29 is 14.6 Å². The molecule has 0 aliphatic carbocycles. The Kier molecular flexibility index (Phi) is 3.60. The van der Waals surface area contributed by atoms with E-state index in [4.69, 9.17) is 4.74 Å². The number of amides is 1. The number of nitrogens with zero attached hydrogens (tertiary/aromatic N) is 1. The lowest BCUT2D eigenvalue weighted by Gasteiger charge is -2.24. The van der Waals surface area contributed by atoms with Gasteiger partial charge in [0.05, 0.1) is 6.10 Å². The Bertz CT molecular complexity index is 232. The minimum absolute atomic E-state index is 0.192. The normalized spacial score (nSPS) is 24.1. The number of aliphatic hydroxyl groups excluding tert-OH is 1. The Morgan fingerprint density at radius 2 is 2.13 bits per heavy atom. The molecule has 2 atom stereocenters. The molecule has 4 heteroatoms. The number of aliphatic hydroxyl groups is 1. The highest BCUT2D eigenvalue weighted by molar-refractivity contribution is 5.68. The smallest absolute Gasteiger partial charge is 0.410 e. The van der Waals surface area contributed by atoms with Crippen LogP contribution < -0.4 is 0 Å². The van der Waals surface area contributed by atoms with Crippen LogP contribution in [0.3, 0.4) is 0 Å². The molecular weight excluding hydrogens is 194 g/mol. The van der Waals surface area contributed by atoms with Crippen molar-refractivity contribution in [2.24, 2.45) is 5.92 Å². The molecule has 1 N–H and O–H groups in total. The first-order valence-electron chi connectivity index (χ1n) is 5.45. The van der Waals surface area contributed by atoms with E-state index in [1.807, 2.05) is 20.8 Å². The summed E-state index contributed by atoms with van der Waals surface area (Å²) < 4.78 is 5.26. The molecule has 0 aromatic heterocycles. The van der Waals surface area contributed by atoms with Crippen LogP contribution in [0.2, 0.25) is 0 Å². The molecule has 0 radical (unpaired) electrons. The van der Waals surface area contributed by atoms with Gasteiger partial charge in [0.2, 0.25) is 0 Å². The highest BCUT2D eigenvalue weighted by atomic mass is 16.6. The molecule has 1 unspecified atom stereocenters. The van der Waals surface area contributed by atoms with E-state index in [0.29, 0.717) is 13.1 Å². The van der Waals surface area contributed by atoms with Crippen LogP contribution in [0.4, 0.5) is 4.79 Å². The number of carbonyl (C=O) groups is 1. The zero-order chi connectivity index (χ0) is 11.6. The predicted octanol–water partition coefficient (Wildman–Crippen LogP) is 1.62. The number of likely N-dealkylation sites (tertiary alicyclic amines) is 1. The van der Waals surface area contributed by atoms with Gasteiger partial charge in [-0.1, -0.05) is 0 Å². The molecule has 0 aromatic rings. The summed E-state index contributed by atoms with van der Waals surface area (Å²) in [6, 6.07) is 0. The molecule has 1 fully saturated rings. The Morgan fingerprint density at radius 3 is 2.53 bits per heavy atom. The molecule has 0 aromatic carbocycles. The van der Waals surface area contributed by atoms with Crippen LogP contribution in [0, 0.1) is 5.92 Å². The van der Waals surface area contributed by atoms with Crippen molar-refractivity contribution in [1.82, 2.24) is 4.90 Å². The summed E-state index contributed by atoms with van der Waals surface area (Å²) >= 11 is 0. The first-order chi connectivity index (χ1) is 6.79. The van der Waals surface area contributed by atoms with Crippen LogP contribution in [0.15, 0.2) is 0 Å². The molecule has 1 aliphatic rings. The monoisotopic (exact) mass is 215 g/mol. The minimum Gasteiger partial charge on any atom is -0.444 e. The molecular formula is C11H21NO3. The first kappa shape index (κ1) is 12.3. The molecule has 1 heterocycles. The molecule has 1 amide bonds. The van der Waals surface area contributed by atoms with Crippen molar-refractivity contribution in [2.45, 2.75) is 45.8 Å². The van der Waals surface area contributed by atoms with E-state index in [9.17, 15) is 9.90 Å². The summed E-state index contributed by atoms with van der Waals surface area (Å²) in [5.41, 5.74) is -0.444. The van der Waals surface area contributed by atoms with Crippen LogP contribution in [0.5, 0.6) is 0 Å². The molecule has 0 saturated carbocycles. The SMILES string of the molecule is C[C@H](O)C1CCN(C(=O)OC(C)(C)C)C1. The maximum atomic E-state index is 11.7. The Balaban J connectivity index is 2.44. The van der Waals surface area contributed by atoms with Crippen LogP contribution in [-0.2, 0) is 4.74 Å². The zero-order valence-corrected chi connectivity index (χ0v) is 9.99. The molecule has 1 aliphatic heterocycles. The molecule has 15 heavy (non-hydrogen) atoms. The van der Waals surface area contributed by atoms with Gasteiger partial charge in [-0.15, -0.1) is 0 Å². The van der Waals surface area contributed by atoms with Gasteiger partial charge in [0.25, 0.3) is 0 Å². The van der Waals surface area contributed by atoms with Gasteiger partial charge in [-0.25, -0.2) is 4.79 Å². The second kappa shape index (κ2) is 4.39. The standard InChI is InChI=1S/C11H21NO3/c1-8(13)9-5-6-12(7-9)10(14)15-11(2,3)4/h8-9,13H,5-7H2,1-4H3/t8-,9?/m0/s1. The van der Waals surface area contributed by atoms with Gasteiger partial charge in [-0.05, 0) is 34.1 Å². The largest absolute Gasteiger partial charge is 0.444 e. The van der Waals surface area contributed by atoms with Gasteiger partial charge in [0, 0.05) is 19.0 Å². The highest BCUT2D eigenvalue weighted by Crippen LogP contribution is 2.21. The number of rotatable bonds is 1. The maximum absolute atomic E-state index is 11.7. The van der Waals surface area contributed by atoms with Gasteiger partial charge in [0.1, 0.15) is 5.60 Å². The van der Waals surface area contributed by atoms with E-state index in [0.717, 1.165) is 6.42 Å². The molecule has 1 saturated heterocycles. The Morgan fingerprint density at radius 1 is 1.53 bits per heavy atom. The van der Waals surface area contributed by atoms with Crippen LogP contribution in [0.25, 0.3) is 0 Å². The third-order valence-electron chi connectivity index (χ3n) is 2.56. The van der Waals surface area contributed by atoms with E-state index in [-0.39, 0.29) is 18.1 Å². The summed E-state index contributed by atoms with van der Waals surface area (Å²) in [6.45, 7) is 8.62. The fraction of sp³-hybridized carbons (Fsp3) is 0.909. The molecule has 4 nitrogen and oxygen atoms in total. The van der Waals surface area contributed by atoms with Crippen molar-refractivity contribution in [3.8, 4) is 0 Å². The zero-order valence-electron chi connectivity index (χ0n) is 9.99. The van der Waals surface area contributed by atoms with Gasteiger partial charge in [0.15, 0.2) is 0 Å². The van der Waals surface area contributed by atoms with Crippen LogP contribution in [-0.4, -0.2) is 40.9 Å². The topological polar surface area (TPSA) is 49.8 Å². The summed E-state index contributed by atoms with van der Waals surface area (Å²) in [7, 11) is 0. The lowest BCUT2D eigenvalue weighted by atomic mass is 10.0. The van der Waals surface area contributed by atoms with Crippen molar-refractivity contribution >= 4 is 6.09 Å². The Hall–Kier alpha value is -0.770. The van der Waals surface area contributed by atoms with E-state index >= 15 is 0 Å². The van der Waals surface area contributed by atoms with Crippen LogP contribution >= 0.6 is 0 Å². The van der Waals surface area contributed by atoms with E-state index in [1.165, 1.54) is 0 Å². The number of carbonyl (C=O) groups excluding carboxylic acids is 1. The van der Waals surface area contributed by atoms with Gasteiger partial charge >= 0.3 is 6.09 Å². The van der Waals surface area contributed by atoms with Crippen molar-refractivity contribution in [1.29, 1.82) is 0 Å². The predicted molar refractivity (Wildman–Crippen MR) is 57.6 cm³/mol. The molecule has 0 bridgehead atoms. The van der Waals surface area contributed by atoms with Gasteiger partial charge < -0.3 is 14.7 Å². The number of hydrogen-bond donors (Lipinski definition) is 1. The van der Waals surface area contributed by atoms with E-state index < -0.39 is 5.60 Å². The average Bonchev–Trinajstić information content (AvgIpc) is 2.47. The minimum atomic E-state index is -0.444. The highest BCUT2D eigenvalue weighted by Gasteiger charge is 2.31. The summed E-state index contributed by atoms with van der Waals surface area (Å²) in [5.74, 6) is 0.192. The molecule has 88 valence electrons. The van der Waals surface area contributed by atoms with E-state index in [1.54, 1.807) is 11.8 Å². The summed E-state index contributed by atoms with van der Waals surface area (Å²) in [6.07, 6.45) is 0.236. The lowest BCUT2D eigenvalue weighted by molar-refractivity contribution is 0.0273. The van der Waals surface area contributed by atoms with Crippen molar-refractivity contribution in [3.63, 3.8) is 0 Å². The number of hydrogen-bond acceptors (Lipinski definition) is 3. The maximum Gasteiger partial charge on any atom is 0.410 e. The first-order valence-corrected chi connectivity index (χ1v) is 5.45. The fourth-order valence-corrected chi connectivity index (χ4v) is 1.67. The second-order valence-corrected chi connectivity index (χ2v) is 5.22. The van der Waals surface area contributed by atoms with Crippen molar-refractivity contribution in [3.05, 3.63) is 0 Å². The lowest BCUT2D eigenvalue weighted by Crippen LogP contribution is -2.36. The van der Waals surface area contributed by atoms with Crippen molar-refractivity contribution in [2.75, 3.05) is 13.1 Å². The van der Waals surface area contributed by atoms with Gasteiger partial charge in [-0.2, -0.15) is 0 Å². The quantitative estimate of drug-likeness (QED) is 0.723. The van der Waals surface area contributed by atoms with E-state index in [2.05, 4.69) is 0 Å². The average molecular weight is 215 g/mol. The molecule has 0 spiro atoms. The summed E-state index contributed by atoms with van der Waals surface area (Å²) in [4.78, 5) is 13.3. The third kappa shape index (κ3) is 3.70. The molecule has 1 rings (SSSR count). The van der Waals surface area contributed by atoms with Gasteiger partial charge in [-0.3, -0.25) is 0 Å². The Labute approximate surface area is 91.2 Å².